The molecule has 0 aliphatic heterocycles. The summed E-state index contributed by atoms with van der Waals surface area (Å²) in [4.78, 5) is 10.9. The van der Waals surface area contributed by atoms with Gasteiger partial charge >= 0.3 is 6.09 Å². The number of amides is 1. The lowest BCUT2D eigenvalue weighted by molar-refractivity contribution is 0.185. The van der Waals surface area contributed by atoms with Crippen molar-refractivity contribution >= 4 is 22.0 Å². The quantitative estimate of drug-likeness (QED) is 0.706. The maximum atomic E-state index is 14.0. The molecule has 0 spiro atoms. The predicted molar refractivity (Wildman–Crippen MR) is 76.3 cm³/mol. The van der Waals surface area contributed by atoms with Crippen LogP contribution >= 0.6 is 15.9 Å². The van der Waals surface area contributed by atoms with Crippen LogP contribution in [0.3, 0.4) is 0 Å². The van der Waals surface area contributed by atoms with Gasteiger partial charge in [0, 0.05) is 18.0 Å². The first-order valence-electron chi connectivity index (χ1n) is 6.44. The Labute approximate surface area is 132 Å². The molecule has 1 amide bonds. The second-order valence-corrected chi connectivity index (χ2v) is 5.98. The van der Waals surface area contributed by atoms with Gasteiger partial charge < -0.3 is 15.5 Å². The number of carbonyl (C=O) groups is 1. The Balaban J connectivity index is 2.44. The maximum Gasteiger partial charge on any atom is 0.404 e. The van der Waals surface area contributed by atoms with Crippen LogP contribution in [0.5, 0.6) is 0 Å². The molecular weight excluding hydrogens is 367 g/mol. The normalized spacial score (nSPS) is 21.9. The molecule has 0 saturated carbocycles. The topological polar surface area (TPSA) is 69.6 Å². The van der Waals surface area contributed by atoms with Gasteiger partial charge in [0.2, 0.25) is 0 Å². The van der Waals surface area contributed by atoms with Crippen LogP contribution in [0.25, 0.3) is 0 Å². The number of aliphatic hydroxyl groups excluding tert-OH is 1. The third kappa shape index (κ3) is 3.44. The molecule has 3 N–H and O–H groups in total. The first-order chi connectivity index (χ1) is 10.3. The van der Waals surface area contributed by atoms with E-state index in [-0.39, 0.29) is 25.0 Å². The molecule has 22 heavy (non-hydrogen) atoms. The molecule has 2 rings (SSSR count). The molecule has 0 unspecified atom stereocenters. The molecular formula is C14H13BrF3NO3. The maximum absolute atomic E-state index is 14.0. The Morgan fingerprint density at radius 1 is 1.23 bits per heavy atom. The lowest BCUT2D eigenvalue weighted by Crippen LogP contribution is -2.41. The molecule has 1 aromatic carbocycles. The van der Waals surface area contributed by atoms with Crippen molar-refractivity contribution in [2.24, 2.45) is 0 Å². The van der Waals surface area contributed by atoms with Crippen LogP contribution in [-0.2, 0) is 0 Å². The highest BCUT2D eigenvalue weighted by Crippen LogP contribution is 2.40. The molecule has 8 heteroatoms. The van der Waals surface area contributed by atoms with E-state index >= 15 is 0 Å². The van der Waals surface area contributed by atoms with Gasteiger partial charge in [-0.2, -0.15) is 0 Å². The number of halogens is 4. The van der Waals surface area contributed by atoms with Crippen molar-refractivity contribution in [3.8, 4) is 0 Å². The van der Waals surface area contributed by atoms with Gasteiger partial charge in [-0.05, 0) is 34.5 Å². The summed E-state index contributed by atoms with van der Waals surface area (Å²) in [6, 6.07) is 0.443. The third-order valence-electron chi connectivity index (χ3n) is 3.67. The molecule has 0 saturated heterocycles. The summed E-state index contributed by atoms with van der Waals surface area (Å²) < 4.78 is 41.0. The molecule has 1 aliphatic rings. The molecule has 2 atom stereocenters. The molecule has 1 aliphatic carbocycles. The van der Waals surface area contributed by atoms with Crippen molar-refractivity contribution in [3.63, 3.8) is 0 Å². The number of hydrogen-bond donors (Lipinski definition) is 3. The zero-order valence-corrected chi connectivity index (χ0v) is 12.8. The van der Waals surface area contributed by atoms with Crippen LogP contribution in [0, 0.1) is 17.5 Å². The van der Waals surface area contributed by atoms with E-state index in [0.29, 0.717) is 16.1 Å². The SMILES string of the molecule is O=C(O)N[C@@H]1CC(CO)=C(Br)C[C@H]1c1cc(F)c(F)cc1F. The smallest absolute Gasteiger partial charge is 0.404 e. The second-order valence-electron chi connectivity index (χ2n) is 5.03. The van der Waals surface area contributed by atoms with Gasteiger partial charge in [0.1, 0.15) is 5.82 Å². The van der Waals surface area contributed by atoms with Crippen LogP contribution < -0.4 is 5.32 Å². The highest BCUT2D eigenvalue weighted by atomic mass is 79.9. The highest BCUT2D eigenvalue weighted by Gasteiger charge is 2.33. The number of rotatable bonds is 3. The Bertz CT molecular complexity index is 636. The van der Waals surface area contributed by atoms with Crippen LogP contribution in [0.15, 0.2) is 22.2 Å². The third-order valence-corrected chi connectivity index (χ3v) is 4.56. The molecule has 4 nitrogen and oxygen atoms in total. The van der Waals surface area contributed by atoms with Crippen molar-refractivity contribution in [3.05, 3.63) is 45.2 Å². The molecule has 0 bridgehead atoms. The predicted octanol–water partition coefficient (Wildman–Crippen LogP) is 3.26. The van der Waals surface area contributed by atoms with Crippen molar-refractivity contribution in [1.29, 1.82) is 0 Å². The minimum Gasteiger partial charge on any atom is -0.465 e. The number of nitrogens with one attached hydrogen (secondary N) is 1. The second kappa shape index (κ2) is 6.70. The zero-order valence-electron chi connectivity index (χ0n) is 11.2. The summed E-state index contributed by atoms with van der Waals surface area (Å²) in [5, 5.41) is 20.4. The minimum absolute atomic E-state index is 0.105. The largest absolute Gasteiger partial charge is 0.465 e. The van der Waals surface area contributed by atoms with E-state index in [0.717, 1.165) is 6.07 Å². The lowest BCUT2D eigenvalue weighted by Gasteiger charge is -2.33. The van der Waals surface area contributed by atoms with E-state index < -0.39 is 35.5 Å². The van der Waals surface area contributed by atoms with E-state index in [4.69, 9.17) is 5.11 Å². The van der Waals surface area contributed by atoms with Gasteiger partial charge in [-0.25, -0.2) is 18.0 Å². The summed E-state index contributed by atoms with van der Waals surface area (Å²) in [6.07, 6.45) is -0.997. The number of benzene rings is 1. The lowest BCUT2D eigenvalue weighted by atomic mass is 9.80. The van der Waals surface area contributed by atoms with E-state index in [9.17, 15) is 23.1 Å². The Kier molecular flexibility index (Phi) is 5.12. The van der Waals surface area contributed by atoms with Crippen LogP contribution in [0.2, 0.25) is 0 Å². The molecule has 0 heterocycles. The fraction of sp³-hybridized carbons (Fsp3) is 0.357. The van der Waals surface area contributed by atoms with Gasteiger partial charge in [0.05, 0.1) is 6.61 Å². The van der Waals surface area contributed by atoms with Gasteiger partial charge in [-0.1, -0.05) is 15.9 Å². The molecule has 0 radical (unpaired) electrons. The fourth-order valence-electron chi connectivity index (χ4n) is 2.61. The van der Waals surface area contributed by atoms with Crippen molar-refractivity contribution in [2.45, 2.75) is 24.8 Å². The number of carboxylic acid groups (broad SMARTS) is 1. The van der Waals surface area contributed by atoms with E-state index in [2.05, 4.69) is 21.2 Å². The summed E-state index contributed by atoms with van der Waals surface area (Å²) in [5.41, 5.74) is 0.476. The summed E-state index contributed by atoms with van der Waals surface area (Å²) in [5.74, 6) is -4.14. The molecule has 0 aromatic heterocycles. The Morgan fingerprint density at radius 3 is 2.45 bits per heavy atom. The molecule has 120 valence electrons. The monoisotopic (exact) mass is 379 g/mol. The average Bonchev–Trinajstić information content (AvgIpc) is 2.44. The first kappa shape index (κ1) is 16.8. The number of aliphatic hydroxyl groups is 1. The van der Waals surface area contributed by atoms with E-state index in [1.165, 1.54) is 0 Å². The average molecular weight is 380 g/mol. The Morgan fingerprint density at radius 2 is 1.86 bits per heavy atom. The molecule has 0 fully saturated rings. The van der Waals surface area contributed by atoms with Gasteiger partial charge in [-0.15, -0.1) is 0 Å². The van der Waals surface area contributed by atoms with Crippen molar-refractivity contribution in [2.75, 3.05) is 6.61 Å². The van der Waals surface area contributed by atoms with Gasteiger partial charge in [0.25, 0.3) is 0 Å². The number of allylic oxidation sites excluding steroid dienone is 1. The summed E-state index contributed by atoms with van der Waals surface area (Å²) >= 11 is 3.26. The van der Waals surface area contributed by atoms with Crippen LogP contribution in [0.4, 0.5) is 18.0 Å². The zero-order chi connectivity index (χ0) is 16.4. The summed E-state index contributed by atoms with van der Waals surface area (Å²) in [6.45, 7) is -0.272. The van der Waals surface area contributed by atoms with Crippen LogP contribution in [0.1, 0.15) is 24.3 Å². The highest BCUT2D eigenvalue weighted by molar-refractivity contribution is 9.11. The van der Waals surface area contributed by atoms with Crippen LogP contribution in [-0.4, -0.2) is 29.0 Å². The number of hydrogen-bond acceptors (Lipinski definition) is 2. The first-order valence-corrected chi connectivity index (χ1v) is 7.24. The van der Waals surface area contributed by atoms with E-state index in [1.54, 1.807) is 0 Å². The van der Waals surface area contributed by atoms with Gasteiger partial charge in [0.15, 0.2) is 11.6 Å². The van der Waals surface area contributed by atoms with E-state index in [1.807, 2.05) is 0 Å². The van der Waals surface area contributed by atoms with Crippen molar-refractivity contribution in [1.82, 2.24) is 5.32 Å². The molecule has 1 aromatic rings. The van der Waals surface area contributed by atoms with Crippen molar-refractivity contribution < 1.29 is 28.2 Å². The standard InChI is InChI=1S/C14H13BrF3NO3/c15-9-2-8(7-3-11(17)12(18)4-10(7)16)13(19-14(21)22)1-6(9)5-20/h3-4,8,13,19-20H,1-2,5H2,(H,21,22)/t8-,13+/m0/s1. The summed E-state index contributed by atoms with van der Waals surface area (Å²) in [7, 11) is 0. The fourth-order valence-corrected chi connectivity index (χ4v) is 3.24. The van der Waals surface area contributed by atoms with Gasteiger partial charge in [-0.3, -0.25) is 0 Å². The Hall–Kier alpha value is -1.54. The minimum atomic E-state index is -1.31.